The number of hydrogen-bond acceptors (Lipinski definition) is 5. The molecule has 2 aromatic heterocycles. The van der Waals surface area contributed by atoms with E-state index in [1.54, 1.807) is 20.4 Å². The number of fused-ring (bicyclic) bond motifs is 1. The number of imidazole rings is 1. The monoisotopic (exact) mass is 368 g/mol. The van der Waals surface area contributed by atoms with Crippen molar-refractivity contribution >= 4 is 29.4 Å². The Kier molecular flexibility index (Phi) is 7.10. The molecule has 0 radical (unpaired) electrons. The molecule has 0 amide bonds. The van der Waals surface area contributed by atoms with Crippen LogP contribution in [0.4, 0.5) is 0 Å². The van der Waals surface area contributed by atoms with Crippen molar-refractivity contribution < 1.29 is 9.53 Å². The van der Waals surface area contributed by atoms with Crippen LogP contribution in [0.3, 0.4) is 0 Å². The van der Waals surface area contributed by atoms with Gasteiger partial charge in [-0.25, -0.2) is 9.78 Å². The van der Waals surface area contributed by atoms with Gasteiger partial charge in [-0.2, -0.15) is 0 Å². The van der Waals surface area contributed by atoms with Crippen molar-refractivity contribution in [3.63, 3.8) is 0 Å². The van der Waals surface area contributed by atoms with E-state index >= 15 is 0 Å². The Hall–Kier alpha value is -1.96. The van der Waals surface area contributed by atoms with Gasteiger partial charge in [-0.3, -0.25) is 13.9 Å². The number of esters is 1. The fourth-order valence-electron chi connectivity index (χ4n) is 2.35. The summed E-state index contributed by atoms with van der Waals surface area (Å²) in [6.07, 6.45) is 2.58. The smallest absolute Gasteiger partial charge is 0.330 e. The fourth-order valence-corrected chi connectivity index (χ4v) is 2.64. The molecule has 0 aliphatic carbocycles. The van der Waals surface area contributed by atoms with Crippen molar-refractivity contribution in [2.75, 3.05) is 0 Å². The molecule has 0 bridgehead atoms. The number of carbonyl (C=O) groups excluding carboxylic acids is 1. The first-order valence-electron chi connectivity index (χ1n) is 8.44. The number of carbonyl (C=O) groups is 1. The second-order valence-electron chi connectivity index (χ2n) is 6.51. The van der Waals surface area contributed by atoms with Crippen LogP contribution >= 0.6 is 12.2 Å². The van der Waals surface area contributed by atoms with E-state index in [1.165, 1.54) is 9.13 Å². The fraction of sp³-hybridized carbons (Fsp3) is 0.647. The second-order valence-corrected chi connectivity index (χ2v) is 6.89. The number of aromatic nitrogens is 4. The minimum atomic E-state index is -0.474. The molecule has 0 saturated carbocycles. The molecule has 7 nitrogen and oxygen atoms in total. The molecule has 0 unspecified atom stereocenters. The van der Waals surface area contributed by atoms with Gasteiger partial charge in [-0.15, -0.1) is 0 Å². The molecule has 0 atom stereocenters. The summed E-state index contributed by atoms with van der Waals surface area (Å²) in [5, 5.41) is 0. The molecule has 25 heavy (non-hydrogen) atoms. The quantitative estimate of drug-likeness (QED) is 0.613. The minimum Gasteiger partial charge on any atom is -0.460 e. The average molecular weight is 369 g/mol. The molecule has 0 spiro atoms. The molecular formula is C17H28N4O3S. The van der Waals surface area contributed by atoms with Crippen LogP contribution in [0.5, 0.6) is 0 Å². The van der Waals surface area contributed by atoms with Crippen LogP contribution in [0, 0.1) is 4.64 Å². The van der Waals surface area contributed by atoms with Crippen LogP contribution in [0.25, 0.3) is 11.2 Å². The van der Waals surface area contributed by atoms with E-state index in [1.807, 2.05) is 39.2 Å². The van der Waals surface area contributed by atoms with Crippen molar-refractivity contribution in [2.24, 2.45) is 14.1 Å². The van der Waals surface area contributed by atoms with Crippen molar-refractivity contribution in [3.05, 3.63) is 21.5 Å². The summed E-state index contributed by atoms with van der Waals surface area (Å²) in [4.78, 5) is 28.0. The van der Waals surface area contributed by atoms with E-state index in [-0.39, 0.29) is 11.7 Å². The first-order valence-corrected chi connectivity index (χ1v) is 8.85. The van der Waals surface area contributed by atoms with Gasteiger partial charge in [0.05, 0.1) is 6.33 Å². The van der Waals surface area contributed by atoms with Gasteiger partial charge in [-0.05, 0) is 27.2 Å². The van der Waals surface area contributed by atoms with Crippen molar-refractivity contribution in [3.8, 4) is 0 Å². The maximum absolute atomic E-state index is 12.0. The Morgan fingerprint density at radius 1 is 1.24 bits per heavy atom. The third-order valence-electron chi connectivity index (χ3n) is 3.42. The minimum absolute atomic E-state index is 0.207. The van der Waals surface area contributed by atoms with Gasteiger partial charge in [0.15, 0.2) is 5.65 Å². The van der Waals surface area contributed by atoms with Crippen LogP contribution in [0.1, 0.15) is 47.5 Å². The maximum Gasteiger partial charge on any atom is 0.330 e. The number of hydrogen-bond donors (Lipinski definition) is 0. The number of nitrogens with zero attached hydrogens (tertiary/aromatic N) is 4. The zero-order valence-electron chi connectivity index (χ0n) is 16.1. The highest BCUT2D eigenvalue weighted by Gasteiger charge is 2.16. The number of rotatable bonds is 4. The first-order chi connectivity index (χ1) is 11.6. The van der Waals surface area contributed by atoms with E-state index in [9.17, 15) is 9.59 Å². The lowest BCUT2D eigenvalue weighted by Crippen LogP contribution is -2.28. The SMILES string of the molecule is CC.Cn1c(=S)c2c(ncn2CCCC(=O)OC(C)(C)C)n(C)c1=O. The highest BCUT2D eigenvalue weighted by Crippen LogP contribution is 2.14. The summed E-state index contributed by atoms with van der Waals surface area (Å²) in [5.41, 5.74) is 0.601. The van der Waals surface area contributed by atoms with Gasteiger partial charge >= 0.3 is 11.7 Å². The van der Waals surface area contributed by atoms with E-state index in [4.69, 9.17) is 17.0 Å². The molecule has 140 valence electrons. The molecule has 0 saturated heterocycles. The highest BCUT2D eigenvalue weighted by atomic mass is 32.1. The van der Waals surface area contributed by atoms with E-state index in [0.29, 0.717) is 29.7 Å². The summed E-state index contributed by atoms with van der Waals surface area (Å²) < 4.78 is 10.5. The summed E-state index contributed by atoms with van der Waals surface area (Å²) in [5.74, 6) is -0.224. The molecule has 2 heterocycles. The van der Waals surface area contributed by atoms with Crippen molar-refractivity contribution in [2.45, 2.75) is 59.6 Å². The molecule has 8 heteroatoms. The average Bonchev–Trinajstić information content (AvgIpc) is 2.95. The largest absolute Gasteiger partial charge is 0.460 e. The zero-order valence-corrected chi connectivity index (χ0v) is 16.9. The molecule has 0 aliphatic rings. The number of ether oxygens (including phenoxy) is 1. The molecule has 2 aromatic rings. The van der Waals surface area contributed by atoms with Crippen LogP contribution in [0.15, 0.2) is 11.1 Å². The van der Waals surface area contributed by atoms with Crippen molar-refractivity contribution in [1.29, 1.82) is 0 Å². The molecule has 0 N–H and O–H groups in total. The Balaban J connectivity index is 0.00000151. The summed E-state index contributed by atoms with van der Waals surface area (Å²) in [7, 11) is 3.31. The first kappa shape index (κ1) is 21.1. The van der Waals surface area contributed by atoms with Gasteiger partial charge < -0.3 is 9.30 Å². The van der Waals surface area contributed by atoms with E-state index in [0.717, 1.165) is 5.52 Å². The normalized spacial score (nSPS) is 11.2. The molecule has 0 fully saturated rings. The van der Waals surface area contributed by atoms with Crippen molar-refractivity contribution in [1.82, 2.24) is 18.7 Å². The maximum atomic E-state index is 12.0. The Labute approximate surface area is 153 Å². The van der Waals surface area contributed by atoms with Crippen LogP contribution in [-0.2, 0) is 30.2 Å². The predicted molar refractivity (Wildman–Crippen MR) is 101 cm³/mol. The topological polar surface area (TPSA) is 71.0 Å². The zero-order chi connectivity index (χ0) is 19.4. The molecular weight excluding hydrogens is 340 g/mol. The van der Waals surface area contributed by atoms with Gasteiger partial charge in [0.1, 0.15) is 15.8 Å². The van der Waals surface area contributed by atoms with Gasteiger partial charge in [0.25, 0.3) is 0 Å². The second kappa shape index (κ2) is 8.42. The molecule has 0 aliphatic heterocycles. The van der Waals surface area contributed by atoms with Crippen LogP contribution in [-0.4, -0.2) is 30.3 Å². The number of aryl methyl sites for hydroxylation is 2. The standard InChI is InChI=1S/C15H22N4O3S.C2H6/c1-15(2,3)22-10(20)7-6-8-19-9-16-12-11(19)13(23)18(5)14(21)17(12)4;1-2/h9H,6-8H2,1-5H3;1-2H3. The predicted octanol–water partition coefficient (Wildman–Crippen LogP) is 2.95. The van der Waals surface area contributed by atoms with Gasteiger partial charge in [0, 0.05) is 27.1 Å². The third kappa shape index (κ3) is 5.01. The van der Waals surface area contributed by atoms with Crippen LogP contribution < -0.4 is 5.69 Å². The lowest BCUT2D eigenvalue weighted by atomic mass is 10.2. The third-order valence-corrected chi connectivity index (χ3v) is 3.88. The van der Waals surface area contributed by atoms with E-state index in [2.05, 4.69) is 4.98 Å². The Morgan fingerprint density at radius 3 is 2.40 bits per heavy atom. The van der Waals surface area contributed by atoms with Gasteiger partial charge in [-0.1, -0.05) is 26.1 Å². The summed E-state index contributed by atoms with van der Waals surface area (Å²) >= 11 is 5.35. The van der Waals surface area contributed by atoms with E-state index < -0.39 is 5.60 Å². The summed E-state index contributed by atoms with van der Waals surface area (Å²) in [6.45, 7) is 10.1. The van der Waals surface area contributed by atoms with Gasteiger partial charge in [0.2, 0.25) is 0 Å². The lowest BCUT2D eigenvalue weighted by Gasteiger charge is -2.19. The molecule has 0 aromatic carbocycles. The molecule has 2 rings (SSSR count). The highest BCUT2D eigenvalue weighted by molar-refractivity contribution is 7.71. The Bertz CT molecular complexity index is 856. The Morgan fingerprint density at radius 2 is 1.84 bits per heavy atom. The van der Waals surface area contributed by atoms with Crippen LogP contribution in [0.2, 0.25) is 0 Å². The summed E-state index contributed by atoms with van der Waals surface area (Å²) in [6, 6.07) is 0. The lowest BCUT2D eigenvalue weighted by molar-refractivity contribution is -0.154.